The fraction of sp³-hybridized carbons (Fsp3) is 0.111. The molecule has 0 fully saturated rings. The summed E-state index contributed by atoms with van der Waals surface area (Å²) in [5.74, 6) is 0.0384. The van der Waals surface area contributed by atoms with Crippen LogP contribution in [0.15, 0.2) is 61.2 Å². The standard InChI is InChI=1S/C18H14N6O/c25-18-17-14(3-6-16-19-9-10-23(16)17)12-22(18)11-13-1-4-15(5-2-13)24-20-7-8-21-24/h1-10H,11-12H2. The first-order valence-corrected chi connectivity index (χ1v) is 7.99. The van der Waals surface area contributed by atoms with Gasteiger partial charge in [0.2, 0.25) is 0 Å². The summed E-state index contributed by atoms with van der Waals surface area (Å²) in [6.07, 6.45) is 6.84. The second-order valence-corrected chi connectivity index (χ2v) is 6.01. The van der Waals surface area contributed by atoms with Crippen LogP contribution in [0.2, 0.25) is 0 Å². The SMILES string of the molecule is O=C1c2c(ccc3nccn23)CN1Cc1ccc(-n2nccn2)cc1. The highest BCUT2D eigenvalue weighted by Gasteiger charge is 2.29. The summed E-state index contributed by atoms with van der Waals surface area (Å²) in [6, 6.07) is 11.8. The fourth-order valence-electron chi connectivity index (χ4n) is 3.26. The van der Waals surface area contributed by atoms with Gasteiger partial charge in [-0.3, -0.25) is 9.20 Å². The zero-order valence-corrected chi connectivity index (χ0v) is 13.3. The largest absolute Gasteiger partial charge is 0.329 e. The van der Waals surface area contributed by atoms with Crippen LogP contribution in [-0.2, 0) is 13.1 Å². The third-order valence-corrected chi connectivity index (χ3v) is 4.46. The monoisotopic (exact) mass is 330 g/mol. The number of fused-ring (bicyclic) bond motifs is 3. The number of amides is 1. The van der Waals surface area contributed by atoms with Gasteiger partial charge < -0.3 is 4.90 Å². The Morgan fingerprint density at radius 1 is 0.960 bits per heavy atom. The predicted octanol–water partition coefficient (Wildman–Crippen LogP) is 2.07. The Morgan fingerprint density at radius 3 is 2.56 bits per heavy atom. The minimum absolute atomic E-state index is 0.0384. The van der Waals surface area contributed by atoms with Crippen molar-refractivity contribution in [1.29, 1.82) is 0 Å². The number of hydrogen-bond acceptors (Lipinski definition) is 4. The first kappa shape index (κ1) is 13.9. The van der Waals surface area contributed by atoms with Gasteiger partial charge in [-0.1, -0.05) is 18.2 Å². The maximum Gasteiger partial charge on any atom is 0.271 e. The third kappa shape index (κ3) is 2.20. The lowest BCUT2D eigenvalue weighted by Gasteiger charge is -2.15. The number of carbonyl (C=O) groups excluding carboxylic acids is 1. The molecule has 1 aromatic carbocycles. The predicted molar refractivity (Wildman–Crippen MR) is 90.1 cm³/mol. The van der Waals surface area contributed by atoms with E-state index < -0.39 is 0 Å². The Balaban J connectivity index is 1.41. The van der Waals surface area contributed by atoms with Crippen LogP contribution in [0.25, 0.3) is 11.3 Å². The van der Waals surface area contributed by atoms with Crippen molar-refractivity contribution < 1.29 is 4.79 Å². The molecule has 0 unspecified atom stereocenters. The van der Waals surface area contributed by atoms with E-state index in [1.54, 1.807) is 23.4 Å². The molecule has 0 atom stereocenters. The quantitative estimate of drug-likeness (QED) is 0.577. The van der Waals surface area contributed by atoms with Crippen LogP contribution < -0.4 is 0 Å². The van der Waals surface area contributed by atoms with Crippen molar-refractivity contribution in [3.8, 4) is 5.69 Å². The molecule has 0 saturated carbocycles. The molecule has 3 aromatic heterocycles. The molecule has 25 heavy (non-hydrogen) atoms. The summed E-state index contributed by atoms with van der Waals surface area (Å²) in [7, 11) is 0. The molecule has 0 saturated heterocycles. The zero-order valence-electron chi connectivity index (χ0n) is 13.3. The van der Waals surface area contributed by atoms with Crippen molar-refractivity contribution >= 4 is 11.6 Å². The fourth-order valence-corrected chi connectivity index (χ4v) is 3.26. The first-order valence-electron chi connectivity index (χ1n) is 7.99. The van der Waals surface area contributed by atoms with Crippen LogP contribution >= 0.6 is 0 Å². The van der Waals surface area contributed by atoms with Crippen molar-refractivity contribution in [1.82, 2.24) is 29.3 Å². The van der Waals surface area contributed by atoms with E-state index in [1.165, 1.54) is 0 Å². The number of nitrogens with zero attached hydrogens (tertiary/aromatic N) is 6. The number of benzene rings is 1. The molecule has 122 valence electrons. The minimum Gasteiger partial charge on any atom is -0.329 e. The second kappa shape index (κ2) is 5.27. The lowest BCUT2D eigenvalue weighted by Crippen LogP contribution is -2.24. The molecule has 0 aliphatic carbocycles. The van der Waals surface area contributed by atoms with E-state index in [4.69, 9.17) is 0 Å². The first-order chi connectivity index (χ1) is 12.3. The van der Waals surface area contributed by atoms with Crippen molar-refractivity contribution in [3.05, 3.63) is 78.0 Å². The van der Waals surface area contributed by atoms with Crippen LogP contribution in [0.4, 0.5) is 0 Å². The van der Waals surface area contributed by atoms with Gasteiger partial charge in [0.05, 0.1) is 18.1 Å². The molecule has 7 heteroatoms. The van der Waals surface area contributed by atoms with E-state index in [9.17, 15) is 4.79 Å². The normalized spacial score (nSPS) is 13.6. The van der Waals surface area contributed by atoms with Gasteiger partial charge in [0.1, 0.15) is 11.3 Å². The summed E-state index contributed by atoms with van der Waals surface area (Å²) in [6.45, 7) is 1.18. The molecule has 7 nitrogen and oxygen atoms in total. The summed E-state index contributed by atoms with van der Waals surface area (Å²) in [5.41, 5.74) is 4.51. The maximum absolute atomic E-state index is 12.8. The molecule has 1 aliphatic rings. The number of rotatable bonds is 3. The lowest BCUT2D eigenvalue weighted by molar-refractivity contribution is 0.0761. The maximum atomic E-state index is 12.8. The van der Waals surface area contributed by atoms with Gasteiger partial charge in [-0.25, -0.2) is 4.98 Å². The van der Waals surface area contributed by atoms with E-state index in [2.05, 4.69) is 15.2 Å². The molecule has 0 N–H and O–H groups in total. The van der Waals surface area contributed by atoms with E-state index in [0.29, 0.717) is 18.8 Å². The van der Waals surface area contributed by atoms with Crippen LogP contribution in [0.1, 0.15) is 21.6 Å². The Kier molecular flexibility index (Phi) is 2.93. The molecule has 4 heterocycles. The molecule has 0 bridgehead atoms. The van der Waals surface area contributed by atoms with Gasteiger partial charge in [-0.2, -0.15) is 15.0 Å². The second-order valence-electron chi connectivity index (χ2n) is 6.01. The number of hydrogen-bond donors (Lipinski definition) is 0. The summed E-state index contributed by atoms with van der Waals surface area (Å²) >= 11 is 0. The van der Waals surface area contributed by atoms with Gasteiger partial charge >= 0.3 is 0 Å². The number of pyridine rings is 1. The highest BCUT2D eigenvalue weighted by Crippen LogP contribution is 2.25. The average Bonchev–Trinajstić information content (AvgIpc) is 3.36. The molecule has 1 amide bonds. The van der Waals surface area contributed by atoms with Crippen LogP contribution in [0.5, 0.6) is 0 Å². The summed E-state index contributed by atoms with van der Waals surface area (Å²) < 4.78 is 1.87. The van der Waals surface area contributed by atoms with Crippen LogP contribution in [-0.4, -0.2) is 35.2 Å². The number of imidazole rings is 1. The van der Waals surface area contributed by atoms with Gasteiger partial charge in [0.15, 0.2) is 0 Å². The molecular formula is C18H14N6O. The van der Waals surface area contributed by atoms with Gasteiger partial charge in [-0.05, 0) is 23.8 Å². The smallest absolute Gasteiger partial charge is 0.271 e. The van der Waals surface area contributed by atoms with Gasteiger partial charge in [0.25, 0.3) is 5.91 Å². The Labute approximate surface area is 143 Å². The molecular weight excluding hydrogens is 316 g/mol. The number of carbonyl (C=O) groups is 1. The van der Waals surface area contributed by atoms with E-state index in [1.807, 2.05) is 51.9 Å². The molecule has 0 spiro atoms. The minimum atomic E-state index is 0.0384. The number of aromatic nitrogens is 5. The highest BCUT2D eigenvalue weighted by atomic mass is 16.2. The molecule has 0 radical (unpaired) electrons. The molecule has 4 aromatic rings. The van der Waals surface area contributed by atoms with E-state index >= 15 is 0 Å². The molecule has 5 rings (SSSR count). The Hall–Kier alpha value is -3.48. The highest BCUT2D eigenvalue weighted by molar-refractivity contribution is 5.97. The van der Waals surface area contributed by atoms with Crippen molar-refractivity contribution in [2.24, 2.45) is 0 Å². The topological polar surface area (TPSA) is 68.3 Å². The zero-order chi connectivity index (χ0) is 16.8. The van der Waals surface area contributed by atoms with Crippen molar-refractivity contribution in [3.63, 3.8) is 0 Å². The summed E-state index contributed by atoms with van der Waals surface area (Å²) in [4.78, 5) is 20.5. The lowest BCUT2D eigenvalue weighted by atomic mass is 10.2. The third-order valence-electron chi connectivity index (χ3n) is 4.46. The summed E-state index contributed by atoms with van der Waals surface area (Å²) in [5, 5.41) is 8.23. The average molecular weight is 330 g/mol. The van der Waals surface area contributed by atoms with Crippen molar-refractivity contribution in [2.75, 3.05) is 0 Å². The van der Waals surface area contributed by atoms with Crippen molar-refractivity contribution in [2.45, 2.75) is 13.1 Å². The van der Waals surface area contributed by atoms with Gasteiger partial charge in [0, 0.05) is 31.0 Å². The van der Waals surface area contributed by atoms with Crippen LogP contribution in [0, 0.1) is 0 Å². The Bertz CT molecular complexity index is 1060. The van der Waals surface area contributed by atoms with E-state index in [-0.39, 0.29) is 5.91 Å². The van der Waals surface area contributed by atoms with E-state index in [0.717, 1.165) is 22.5 Å². The van der Waals surface area contributed by atoms with Crippen LogP contribution in [0.3, 0.4) is 0 Å². The van der Waals surface area contributed by atoms with Gasteiger partial charge in [-0.15, -0.1) is 0 Å². The molecule has 1 aliphatic heterocycles. The Morgan fingerprint density at radius 2 is 1.76 bits per heavy atom.